The van der Waals surface area contributed by atoms with E-state index < -0.39 is 126 Å². The van der Waals surface area contributed by atoms with E-state index in [0.29, 0.717) is 80.0 Å². The normalized spacial score (nSPS) is 18.5. The summed E-state index contributed by atoms with van der Waals surface area (Å²) in [5.74, 6) is 1.71. The van der Waals surface area contributed by atoms with Crippen molar-refractivity contribution in [2.45, 2.75) is 89.8 Å². The Kier molecular flexibility index (Phi) is 20.3. The van der Waals surface area contributed by atoms with Gasteiger partial charge < -0.3 is 50.9 Å². The molecular formula is C53H62F10N10O8. The van der Waals surface area contributed by atoms with Crippen molar-refractivity contribution in [1.29, 1.82) is 5.41 Å². The Bertz CT molecular complexity index is 2790. The van der Waals surface area contributed by atoms with Crippen LogP contribution in [0.5, 0.6) is 0 Å². The van der Waals surface area contributed by atoms with Crippen LogP contribution in [0, 0.1) is 51.6 Å². The molecule has 1 aromatic heterocycles. The Labute approximate surface area is 459 Å². The molecule has 0 aliphatic carbocycles. The maximum absolute atomic E-state index is 15.9. The Morgan fingerprint density at radius 3 is 1.83 bits per heavy atom. The fraction of sp³-hybridized carbons (Fsp3) is 0.509. The van der Waals surface area contributed by atoms with E-state index in [1.807, 2.05) is 22.9 Å². The molecule has 2 aromatic carbocycles. The van der Waals surface area contributed by atoms with Crippen LogP contribution in [-0.2, 0) is 36.8 Å². The van der Waals surface area contributed by atoms with Crippen molar-refractivity contribution in [3.63, 3.8) is 0 Å². The molecule has 6 rings (SSSR count). The second kappa shape index (κ2) is 26.1. The lowest BCUT2D eigenvalue weighted by Crippen LogP contribution is -2.63. The number of aliphatic hydroxyl groups is 1. The number of hydrogen-bond acceptors (Lipinski definition) is 14. The number of carbonyl (C=O) groups excluding carboxylic acids is 4. The third kappa shape index (κ3) is 15.8. The van der Waals surface area contributed by atoms with Gasteiger partial charge in [-0.25, -0.2) is 28.4 Å². The number of alkyl carbamates (subject to hydrolysis) is 2. The number of hydrazine groups is 1. The van der Waals surface area contributed by atoms with Crippen LogP contribution in [0.4, 0.5) is 59.3 Å². The van der Waals surface area contributed by atoms with Crippen molar-refractivity contribution < 1.29 is 82.4 Å². The fourth-order valence-electron chi connectivity index (χ4n) is 9.22. The summed E-state index contributed by atoms with van der Waals surface area (Å²) in [5.41, 5.74) is -5.01. The Morgan fingerprint density at radius 2 is 1.35 bits per heavy atom. The summed E-state index contributed by atoms with van der Waals surface area (Å²) < 4.78 is 159. The SMILES string of the molecule is COC(=O)NC(C(=O)N[C@@H](Cc1ccc(C#Cc2ccc(N3C[C@@H]4CN(C5COC5)C[C@@H]4C3)nc2)cc1)[C@@H](O)CN(Cc1c(F)cc(C(=N)/C=C\NC(F)F)cc1F)NC(=O)[C@@H](NC(=O)OC)C(C)(C)C(F)(F)F)C(C)(C)C(F)(F)F. The summed E-state index contributed by atoms with van der Waals surface area (Å²) >= 11 is 0. The number of benzene rings is 2. The van der Waals surface area contributed by atoms with Crippen molar-refractivity contribution in [3.8, 4) is 11.8 Å². The van der Waals surface area contributed by atoms with Gasteiger partial charge in [-0.1, -0.05) is 24.0 Å². The first-order valence-electron chi connectivity index (χ1n) is 25.2. The molecule has 3 aliphatic rings. The van der Waals surface area contributed by atoms with Gasteiger partial charge in [-0.05, 0) is 94.0 Å². The van der Waals surface area contributed by atoms with E-state index >= 15 is 8.78 Å². The minimum Gasteiger partial charge on any atom is -0.453 e. The van der Waals surface area contributed by atoms with Gasteiger partial charge in [0.05, 0.1) is 62.2 Å². The lowest BCUT2D eigenvalue weighted by molar-refractivity contribution is -0.221. The number of aromatic nitrogens is 1. The summed E-state index contributed by atoms with van der Waals surface area (Å²) in [6.07, 6.45) is -13.1. The number of carbonyl (C=O) groups is 4. The highest BCUT2D eigenvalue weighted by molar-refractivity contribution is 6.06. The predicted molar refractivity (Wildman–Crippen MR) is 272 cm³/mol. The Morgan fingerprint density at radius 1 is 0.815 bits per heavy atom. The molecule has 3 fully saturated rings. The van der Waals surface area contributed by atoms with Gasteiger partial charge in [-0.2, -0.15) is 35.1 Å². The number of fused-ring (bicyclic) bond motifs is 1. The second-order valence-electron chi connectivity index (χ2n) is 20.9. The number of halogens is 10. The lowest BCUT2D eigenvalue weighted by Gasteiger charge is -2.38. The maximum atomic E-state index is 15.9. The standard InChI is InChI=1S/C53H62F10N10O8/c1-50(2,52(58,59)60)43(68-48(77)79-5)45(75)67-40(17-30-10-7-29(8-11-30)9-12-31-13-14-42(66-20-31)72-23-33-21-71(22-34(33)24-72)35-27-81-28-35)41(74)26-73(70-46(76)44(69-49(78)80-6)51(3,4)53(61,62)63)25-36-37(54)18-32(19-38(36)55)39(64)15-16-65-47(56)57/h7-8,10-11,13-16,18-20,33-35,40-41,43-44,47,64-65,74H,17,21-28H2,1-6H3,(H,67,75)(H,68,77)(H,69,78)(H,70,76)/b16-15-,64-39?/t33-,34+,40-,41-,43?,44+/m0/s1. The highest BCUT2D eigenvalue weighted by Gasteiger charge is 2.57. The zero-order valence-electron chi connectivity index (χ0n) is 44.7. The molecule has 4 heterocycles. The average molecular weight is 1160 g/mol. The summed E-state index contributed by atoms with van der Waals surface area (Å²) in [5, 5.41) is 28.1. The number of methoxy groups -OCH3 is 2. The molecule has 3 aromatic rings. The molecule has 3 saturated heterocycles. The Hall–Kier alpha value is -7.22. The van der Waals surface area contributed by atoms with Crippen molar-refractivity contribution in [3.05, 3.63) is 106 Å². The van der Waals surface area contributed by atoms with Crippen LogP contribution >= 0.6 is 0 Å². The summed E-state index contributed by atoms with van der Waals surface area (Å²) in [6, 6.07) is 4.57. The van der Waals surface area contributed by atoms with Gasteiger partial charge in [0.2, 0.25) is 5.91 Å². The molecule has 18 nitrogen and oxygen atoms in total. The van der Waals surface area contributed by atoms with E-state index in [9.17, 15) is 59.4 Å². The number of aliphatic hydroxyl groups excluding tert-OH is 1. The number of amides is 4. The lowest BCUT2D eigenvalue weighted by atomic mass is 9.82. The summed E-state index contributed by atoms with van der Waals surface area (Å²) in [7, 11) is 1.59. The number of anilines is 1. The zero-order chi connectivity index (χ0) is 59.8. The molecule has 81 heavy (non-hydrogen) atoms. The molecule has 442 valence electrons. The van der Waals surface area contributed by atoms with E-state index in [4.69, 9.17) is 10.1 Å². The van der Waals surface area contributed by atoms with Crippen molar-refractivity contribution in [2.24, 2.45) is 22.7 Å². The van der Waals surface area contributed by atoms with Crippen LogP contribution in [0.3, 0.4) is 0 Å². The van der Waals surface area contributed by atoms with Gasteiger partial charge in [0.15, 0.2) is 0 Å². The molecule has 7 N–H and O–H groups in total. The van der Waals surface area contributed by atoms with Crippen LogP contribution < -0.4 is 31.6 Å². The minimum atomic E-state index is -5.24. The van der Waals surface area contributed by atoms with Gasteiger partial charge in [0, 0.05) is 73.9 Å². The van der Waals surface area contributed by atoms with Gasteiger partial charge in [-0.3, -0.25) is 19.9 Å². The van der Waals surface area contributed by atoms with E-state index in [-0.39, 0.29) is 5.56 Å². The molecule has 3 aliphatic heterocycles. The maximum Gasteiger partial charge on any atom is 0.407 e. The van der Waals surface area contributed by atoms with Gasteiger partial charge in [-0.15, -0.1) is 0 Å². The number of alkyl halides is 8. The van der Waals surface area contributed by atoms with Crippen LogP contribution in [0.25, 0.3) is 0 Å². The molecule has 0 bridgehead atoms. The minimum absolute atomic E-state index is 0.265. The molecule has 1 unspecified atom stereocenters. The van der Waals surface area contributed by atoms with Crippen LogP contribution in [-0.4, -0.2) is 159 Å². The molecule has 0 saturated carbocycles. The monoisotopic (exact) mass is 1160 g/mol. The number of allylic oxidation sites excluding steroid dienone is 1. The van der Waals surface area contributed by atoms with E-state index in [1.165, 1.54) is 24.3 Å². The summed E-state index contributed by atoms with van der Waals surface area (Å²) in [4.78, 5) is 62.2. The average Bonchev–Trinajstić information content (AvgIpc) is 4.04. The first-order valence-corrected chi connectivity index (χ1v) is 25.2. The highest BCUT2D eigenvalue weighted by atomic mass is 19.4. The quantitative estimate of drug-likeness (QED) is 0.0222. The fourth-order valence-corrected chi connectivity index (χ4v) is 9.22. The number of nitrogens with zero attached hydrogens (tertiary/aromatic N) is 4. The summed E-state index contributed by atoms with van der Waals surface area (Å²) in [6.45, 7) is 2.20. The van der Waals surface area contributed by atoms with Crippen molar-refractivity contribution >= 4 is 35.5 Å². The molecule has 6 atom stereocenters. The van der Waals surface area contributed by atoms with Crippen molar-refractivity contribution in [2.75, 3.05) is 65.1 Å². The third-order valence-electron chi connectivity index (χ3n) is 14.5. The van der Waals surface area contributed by atoms with E-state index in [2.05, 4.69) is 41.4 Å². The number of pyridine rings is 1. The largest absolute Gasteiger partial charge is 0.453 e. The molecule has 0 spiro atoms. The topological polar surface area (TPSA) is 223 Å². The van der Waals surface area contributed by atoms with Gasteiger partial charge in [0.25, 0.3) is 5.91 Å². The molecule has 0 radical (unpaired) electrons. The first-order chi connectivity index (χ1) is 37.9. The highest BCUT2D eigenvalue weighted by Crippen LogP contribution is 2.42. The van der Waals surface area contributed by atoms with Crippen LogP contribution in [0.15, 0.2) is 67.0 Å². The Balaban J connectivity index is 1.30. The van der Waals surface area contributed by atoms with Crippen LogP contribution in [0.1, 0.15) is 55.5 Å². The zero-order valence-corrected chi connectivity index (χ0v) is 44.7. The molecule has 4 amide bonds. The third-order valence-corrected chi connectivity index (χ3v) is 14.5. The smallest absolute Gasteiger partial charge is 0.407 e. The predicted octanol–water partition coefficient (Wildman–Crippen LogP) is 5.77. The first kappa shape index (κ1) is 63.0. The second-order valence-corrected chi connectivity index (χ2v) is 20.9. The number of ether oxygens (including phenoxy) is 3. The van der Waals surface area contributed by atoms with Gasteiger partial charge >= 0.3 is 31.1 Å². The number of rotatable bonds is 21. The number of hydrogen-bond donors (Lipinski definition) is 7. The van der Waals surface area contributed by atoms with Crippen LogP contribution in [0.2, 0.25) is 0 Å². The van der Waals surface area contributed by atoms with E-state index in [1.54, 1.807) is 16.8 Å². The van der Waals surface area contributed by atoms with E-state index in [0.717, 1.165) is 65.5 Å². The molecule has 28 heteroatoms. The number of likely N-dealkylation sites (tertiary alicyclic amines) is 1. The molecular weight excluding hydrogens is 1090 g/mol. The van der Waals surface area contributed by atoms with Crippen molar-refractivity contribution in [1.82, 2.24) is 41.6 Å². The number of nitrogens with one attached hydrogen (secondary N) is 6. The van der Waals surface area contributed by atoms with Gasteiger partial charge in [0.1, 0.15) is 29.5 Å².